The lowest BCUT2D eigenvalue weighted by Gasteiger charge is -2.27. The van der Waals surface area contributed by atoms with Crippen molar-refractivity contribution < 1.29 is 18.8 Å². The number of methoxy groups -OCH3 is 1. The fourth-order valence-electron chi connectivity index (χ4n) is 3.20. The van der Waals surface area contributed by atoms with E-state index in [9.17, 15) is 9.59 Å². The molecule has 0 saturated heterocycles. The molecule has 3 aromatic rings. The molecule has 0 radical (unpaired) electrons. The number of rotatable bonds is 9. The molecule has 156 valence electrons. The molecular formula is C23H25N3O4. The predicted octanol–water partition coefficient (Wildman–Crippen LogP) is 3.23. The van der Waals surface area contributed by atoms with E-state index in [1.165, 1.54) is 4.90 Å². The van der Waals surface area contributed by atoms with Gasteiger partial charge in [0.1, 0.15) is 12.3 Å². The van der Waals surface area contributed by atoms with Gasteiger partial charge in [0.15, 0.2) is 5.82 Å². The van der Waals surface area contributed by atoms with Crippen LogP contribution in [0.25, 0.3) is 0 Å². The normalized spacial score (nSPS) is 10.8. The van der Waals surface area contributed by atoms with Crippen LogP contribution in [0.1, 0.15) is 22.8 Å². The quantitative estimate of drug-likeness (QED) is 0.589. The summed E-state index contributed by atoms with van der Waals surface area (Å²) in [7, 11) is 1.56. The summed E-state index contributed by atoms with van der Waals surface area (Å²) in [6.07, 6.45) is 0. The van der Waals surface area contributed by atoms with Gasteiger partial charge >= 0.3 is 0 Å². The Labute approximate surface area is 175 Å². The first kappa shape index (κ1) is 21.3. The van der Waals surface area contributed by atoms with E-state index in [1.54, 1.807) is 20.1 Å². The average Bonchev–Trinajstić information content (AvgIpc) is 3.17. The van der Waals surface area contributed by atoms with Gasteiger partial charge < -0.3 is 19.5 Å². The number of benzene rings is 2. The fraction of sp³-hybridized carbons (Fsp3) is 0.261. The second-order valence-corrected chi connectivity index (χ2v) is 6.88. The third-order valence-electron chi connectivity index (χ3n) is 4.62. The van der Waals surface area contributed by atoms with Crippen LogP contribution in [-0.4, -0.2) is 48.7 Å². The van der Waals surface area contributed by atoms with Crippen LogP contribution < -0.4 is 5.32 Å². The zero-order chi connectivity index (χ0) is 21.3. The highest BCUT2D eigenvalue weighted by Crippen LogP contribution is 2.27. The Morgan fingerprint density at radius 1 is 1.07 bits per heavy atom. The second-order valence-electron chi connectivity index (χ2n) is 6.88. The molecule has 0 aliphatic heterocycles. The minimum atomic E-state index is -0.522. The van der Waals surface area contributed by atoms with E-state index in [0.717, 1.165) is 11.1 Å². The topological polar surface area (TPSA) is 84.7 Å². The molecule has 0 spiro atoms. The molecule has 7 nitrogen and oxygen atoms in total. The van der Waals surface area contributed by atoms with E-state index >= 15 is 0 Å². The van der Waals surface area contributed by atoms with Gasteiger partial charge in [0, 0.05) is 19.7 Å². The van der Waals surface area contributed by atoms with E-state index < -0.39 is 5.92 Å². The smallest absolute Gasteiger partial charge is 0.245 e. The van der Waals surface area contributed by atoms with Crippen molar-refractivity contribution in [1.29, 1.82) is 0 Å². The van der Waals surface area contributed by atoms with Crippen LogP contribution in [-0.2, 0) is 14.3 Å². The summed E-state index contributed by atoms with van der Waals surface area (Å²) in [6, 6.07) is 20.7. The first-order valence-electron chi connectivity index (χ1n) is 9.69. The molecule has 0 bridgehead atoms. The molecule has 1 heterocycles. The molecule has 0 aliphatic rings. The number of ether oxygens (including phenoxy) is 1. The van der Waals surface area contributed by atoms with Gasteiger partial charge in [-0.1, -0.05) is 65.8 Å². The number of aromatic nitrogens is 1. The van der Waals surface area contributed by atoms with Gasteiger partial charge in [-0.2, -0.15) is 0 Å². The van der Waals surface area contributed by atoms with Crippen molar-refractivity contribution in [2.45, 2.75) is 12.8 Å². The number of carbonyl (C=O) groups is 2. The van der Waals surface area contributed by atoms with E-state index in [0.29, 0.717) is 18.2 Å². The predicted molar refractivity (Wildman–Crippen MR) is 113 cm³/mol. The molecule has 3 rings (SSSR count). The Morgan fingerprint density at radius 3 is 2.17 bits per heavy atom. The van der Waals surface area contributed by atoms with E-state index in [-0.39, 0.29) is 24.9 Å². The summed E-state index contributed by atoms with van der Waals surface area (Å²) in [4.78, 5) is 27.7. The highest BCUT2D eigenvalue weighted by atomic mass is 16.5. The Hall–Kier alpha value is -3.45. The number of hydrogen-bond donors (Lipinski definition) is 1. The highest BCUT2D eigenvalue weighted by molar-refractivity contribution is 5.95. The summed E-state index contributed by atoms with van der Waals surface area (Å²) >= 11 is 0. The second kappa shape index (κ2) is 10.4. The molecule has 1 aromatic heterocycles. The number of carbonyl (C=O) groups excluding carboxylic acids is 2. The molecule has 0 atom stereocenters. The molecule has 0 aliphatic carbocycles. The van der Waals surface area contributed by atoms with Crippen molar-refractivity contribution >= 4 is 17.6 Å². The zero-order valence-electron chi connectivity index (χ0n) is 17.1. The van der Waals surface area contributed by atoms with Gasteiger partial charge in [0.25, 0.3) is 0 Å². The van der Waals surface area contributed by atoms with Crippen LogP contribution in [0.2, 0.25) is 0 Å². The summed E-state index contributed by atoms with van der Waals surface area (Å²) in [5.41, 5.74) is 1.73. The van der Waals surface area contributed by atoms with Crippen LogP contribution in [0.15, 0.2) is 71.3 Å². The minimum absolute atomic E-state index is 0.121. The third-order valence-corrected chi connectivity index (χ3v) is 4.62. The molecule has 7 heteroatoms. The van der Waals surface area contributed by atoms with Gasteiger partial charge in [-0.3, -0.25) is 9.59 Å². The highest BCUT2D eigenvalue weighted by Gasteiger charge is 2.28. The SMILES string of the molecule is COCCN(CC(=O)Nc1cc(C)on1)C(=O)C(c1ccccc1)c1ccccc1. The van der Waals surface area contributed by atoms with E-state index in [4.69, 9.17) is 9.26 Å². The standard InChI is InChI=1S/C23H25N3O4/c1-17-15-20(25-30-17)24-21(27)16-26(13-14-29-2)23(28)22(18-9-5-3-6-10-18)19-11-7-4-8-12-19/h3-12,15,22H,13-14,16H2,1-2H3,(H,24,25,27). The van der Waals surface area contributed by atoms with Crippen molar-refractivity contribution in [2.75, 3.05) is 32.1 Å². The van der Waals surface area contributed by atoms with Gasteiger partial charge in [-0.15, -0.1) is 0 Å². The van der Waals surface area contributed by atoms with Crippen LogP contribution >= 0.6 is 0 Å². The molecular weight excluding hydrogens is 382 g/mol. The van der Waals surface area contributed by atoms with Crippen LogP contribution in [0.3, 0.4) is 0 Å². The fourth-order valence-corrected chi connectivity index (χ4v) is 3.20. The third kappa shape index (κ3) is 5.55. The first-order chi connectivity index (χ1) is 14.6. The van der Waals surface area contributed by atoms with Crippen LogP contribution in [0.5, 0.6) is 0 Å². The maximum absolute atomic E-state index is 13.6. The first-order valence-corrected chi connectivity index (χ1v) is 9.69. The lowest BCUT2D eigenvalue weighted by atomic mass is 9.90. The average molecular weight is 407 g/mol. The number of amides is 2. The van der Waals surface area contributed by atoms with E-state index in [1.807, 2.05) is 60.7 Å². The Bertz CT molecular complexity index is 917. The van der Waals surface area contributed by atoms with Gasteiger partial charge in [-0.25, -0.2) is 0 Å². The summed E-state index contributed by atoms with van der Waals surface area (Å²) < 4.78 is 10.1. The van der Waals surface area contributed by atoms with E-state index in [2.05, 4.69) is 10.5 Å². The molecule has 0 unspecified atom stereocenters. The Kier molecular flexibility index (Phi) is 7.34. The summed E-state index contributed by atoms with van der Waals surface area (Å²) in [5, 5.41) is 6.43. The molecule has 0 saturated carbocycles. The number of anilines is 1. The summed E-state index contributed by atoms with van der Waals surface area (Å²) in [6.45, 7) is 2.22. The van der Waals surface area contributed by atoms with Gasteiger partial charge in [0.05, 0.1) is 12.5 Å². The van der Waals surface area contributed by atoms with Crippen molar-refractivity contribution in [2.24, 2.45) is 0 Å². The van der Waals surface area contributed by atoms with Gasteiger partial charge in [-0.05, 0) is 18.1 Å². The Morgan fingerprint density at radius 2 is 1.67 bits per heavy atom. The van der Waals surface area contributed by atoms with Crippen LogP contribution in [0, 0.1) is 6.92 Å². The van der Waals surface area contributed by atoms with Crippen LogP contribution in [0.4, 0.5) is 5.82 Å². The van der Waals surface area contributed by atoms with Crippen molar-refractivity contribution in [3.63, 3.8) is 0 Å². The van der Waals surface area contributed by atoms with Crippen molar-refractivity contribution in [3.05, 3.63) is 83.6 Å². The van der Waals surface area contributed by atoms with Gasteiger partial charge in [0.2, 0.25) is 11.8 Å². The number of aryl methyl sites for hydroxylation is 1. The molecule has 2 amide bonds. The lowest BCUT2D eigenvalue weighted by molar-refractivity contribution is -0.135. The number of hydrogen-bond acceptors (Lipinski definition) is 5. The number of nitrogens with zero attached hydrogens (tertiary/aromatic N) is 2. The largest absolute Gasteiger partial charge is 0.383 e. The van der Waals surface area contributed by atoms with Crippen molar-refractivity contribution in [3.8, 4) is 0 Å². The molecule has 1 N–H and O–H groups in total. The lowest BCUT2D eigenvalue weighted by Crippen LogP contribution is -2.42. The molecule has 2 aromatic carbocycles. The van der Waals surface area contributed by atoms with Crippen molar-refractivity contribution in [1.82, 2.24) is 10.1 Å². The maximum Gasteiger partial charge on any atom is 0.245 e. The minimum Gasteiger partial charge on any atom is -0.383 e. The monoisotopic (exact) mass is 407 g/mol. The number of nitrogens with one attached hydrogen (secondary N) is 1. The maximum atomic E-state index is 13.6. The molecule has 0 fully saturated rings. The Balaban J connectivity index is 1.84. The zero-order valence-corrected chi connectivity index (χ0v) is 17.1. The summed E-state index contributed by atoms with van der Waals surface area (Å²) in [5.74, 6) is -0.139. The molecule has 30 heavy (non-hydrogen) atoms.